The minimum Gasteiger partial charge on any atom is -0.212 e. The zero-order valence-electron chi connectivity index (χ0n) is 11.9. The molecule has 5 heteroatoms. The van der Waals surface area contributed by atoms with Crippen molar-refractivity contribution in [3.8, 4) is 0 Å². The third kappa shape index (κ3) is 4.03. The normalized spacial score (nSPS) is 18.1. The molecule has 3 nitrogen and oxygen atoms in total. The number of benzene rings is 1. The third-order valence-corrected chi connectivity index (χ3v) is 5.91. The minimum absolute atomic E-state index is 0.0553. The van der Waals surface area contributed by atoms with Gasteiger partial charge in [-0.05, 0) is 30.5 Å². The molecule has 1 aliphatic carbocycles. The van der Waals surface area contributed by atoms with Gasteiger partial charge in [-0.25, -0.2) is 17.1 Å². The molecule has 20 heavy (non-hydrogen) atoms. The summed E-state index contributed by atoms with van der Waals surface area (Å²) in [6.45, 7) is 0. The zero-order chi connectivity index (χ0) is 14.6. The van der Waals surface area contributed by atoms with E-state index >= 15 is 0 Å². The number of sulfonamides is 1. The molecule has 0 aromatic heterocycles. The molecular formula is C15H22FNO2S. The molecule has 0 atom stereocenters. The van der Waals surface area contributed by atoms with Crippen LogP contribution in [0.5, 0.6) is 0 Å². The predicted molar refractivity (Wildman–Crippen MR) is 78.3 cm³/mol. The van der Waals surface area contributed by atoms with Crippen LogP contribution in [-0.4, -0.2) is 25.8 Å². The van der Waals surface area contributed by atoms with E-state index < -0.39 is 10.0 Å². The van der Waals surface area contributed by atoms with E-state index in [-0.39, 0.29) is 17.6 Å². The predicted octanol–water partition coefficient (Wildman–Crippen LogP) is 3.31. The number of rotatable bonds is 4. The summed E-state index contributed by atoms with van der Waals surface area (Å²) in [4.78, 5) is 0. The molecule has 0 heterocycles. The van der Waals surface area contributed by atoms with Crippen LogP contribution in [0.4, 0.5) is 4.39 Å². The summed E-state index contributed by atoms with van der Waals surface area (Å²) in [5.74, 6) is -0.399. The second kappa shape index (κ2) is 6.68. The van der Waals surface area contributed by atoms with Crippen LogP contribution in [0.15, 0.2) is 24.3 Å². The largest absolute Gasteiger partial charge is 0.218 e. The molecule has 1 aromatic carbocycles. The van der Waals surface area contributed by atoms with Crippen LogP contribution < -0.4 is 0 Å². The number of nitrogens with zero attached hydrogens (tertiary/aromatic N) is 1. The van der Waals surface area contributed by atoms with Crippen molar-refractivity contribution in [1.29, 1.82) is 0 Å². The van der Waals surface area contributed by atoms with Gasteiger partial charge < -0.3 is 0 Å². The van der Waals surface area contributed by atoms with Gasteiger partial charge in [0, 0.05) is 13.1 Å². The lowest BCUT2D eigenvalue weighted by Gasteiger charge is -2.26. The molecule has 0 radical (unpaired) electrons. The Bertz CT molecular complexity index is 519. The van der Waals surface area contributed by atoms with Crippen molar-refractivity contribution in [3.63, 3.8) is 0 Å². The lowest BCUT2D eigenvalue weighted by molar-refractivity contribution is 0.335. The molecule has 1 aliphatic rings. The molecule has 0 unspecified atom stereocenters. The highest BCUT2D eigenvalue weighted by Crippen LogP contribution is 2.24. The Kier molecular flexibility index (Phi) is 5.16. The van der Waals surface area contributed by atoms with E-state index in [1.54, 1.807) is 7.05 Å². The van der Waals surface area contributed by atoms with Crippen molar-refractivity contribution in [2.75, 3.05) is 7.05 Å². The van der Waals surface area contributed by atoms with Gasteiger partial charge in [-0.2, -0.15) is 0 Å². The average molecular weight is 299 g/mol. The summed E-state index contributed by atoms with van der Waals surface area (Å²) in [6.07, 6.45) is 6.48. The monoisotopic (exact) mass is 299 g/mol. The second-order valence-electron chi connectivity index (χ2n) is 5.54. The second-order valence-corrected chi connectivity index (χ2v) is 7.57. The molecule has 1 fully saturated rings. The van der Waals surface area contributed by atoms with Gasteiger partial charge in [0.05, 0.1) is 5.75 Å². The number of hydrogen-bond acceptors (Lipinski definition) is 2. The molecule has 112 valence electrons. The van der Waals surface area contributed by atoms with E-state index in [4.69, 9.17) is 0 Å². The topological polar surface area (TPSA) is 37.4 Å². The smallest absolute Gasteiger partial charge is 0.212 e. The first-order valence-electron chi connectivity index (χ1n) is 7.19. The molecule has 0 bridgehead atoms. The van der Waals surface area contributed by atoms with Gasteiger partial charge in [-0.3, -0.25) is 0 Å². The van der Waals surface area contributed by atoms with Crippen molar-refractivity contribution in [2.45, 2.75) is 50.3 Å². The summed E-state index contributed by atoms with van der Waals surface area (Å²) < 4.78 is 39.2. The fraction of sp³-hybridized carbons (Fsp3) is 0.600. The first-order valence-corrected chi connectivity index (χ1v) is 8.80. The highest BCUT2D eigenvalue weighted by molar-refractivity contribution is 7.88. The molecule has 0 aliphatic heterocycles. The first-order chi connectivity index (χ1) is 9.49. The van der Waals surface area contributed by atoms with Crippen molar-refractivity contribution in [3.05, 3.63) is 35.6 Å². The molecule has 2 rings (SSSR count). The van der Waals surface area contributed by atoms with Crippen LogP contribution in [-0.2, 0) is 15.8 Å². The maximum absolute atomic E-state index is 12.9. The van der Waals surface area contributed by atoms with Crippen molar-refractivity contribution >= 4 is 10.0 Å². The van der Waals surface area contributed by atoms with E-state index in [2.05, 4.69) is 0 Å². The number of halogens is 1. The molecular weight excluding hydrogens is 277 g/mol. The Morgan fingerprint density at radius 1 is 1.10 bits per heavy atom. The van der Waals surface area contributed by atoms with Crippen molar-refractivity contribution < 1.29 is 12.8 Å². The van der Waals surface area contributed by atoms with Crippen LogP contribution in [0.25, 0.3) is 0 Å². The van der Waals surface area contributed by atoms with Gasteiger partial charge in [0.2, 0.25) is 10.0 Å². The Morgan fingerprint density at radius 3 is 2.20 bits per heavy atom. The summed E-state index contributed by atoms with van der Waals surface area (Å²) in [6, 6.07) is 5.79. The third-order valence-electron chi connectivity index (χ3n) is 4.04. The molecule has 1 saturated carbocycles. The lowest BCUT2D eigenvalue weighted by Crippen LogP contribution is -2.37. The average Bonchev–Trinajstić information content (AvgIpc) is 2.69. The van der Waals surface area contributed by atoms with Gasteiger partial charge in [-0.15, -0.1) is 0 Å². The van der Waals surface area contributed by atoms with Crippen molar-refractivity contribution in [2.24, 2.45) is 0 Å². The standard InChI is InChI=1S/C15H22FNO2S/c1-17(15-6-4-2-3-5-7-15)20(18,19)12-13-8-10-14(16)11-9-13/h8-11,15H,2-7,12H2,1H3. The maximum atomic E-state index is 12.9. The van der Waals surface area contributed by atoms with Gasteiger partial charge in [0.25, 0.3) is 0 Å². The Hall–Kier alpha value is -0.940. The summed E-state index contributed by atoms with van der Waals surface area (Å²) in [5, 5.41) is 0. The molecule has 0 amide bonds. The fourth-order valence-electron chi connectivity index (χ4n) is 2.74. The van der Waals surface area contributed by atoms with E-state index in [0.29, 0.717) is 5.56 Å². The quantitative estimate of drug-likeness (QED) is 0.800. The fourth-order valence-corrected chi connectivity index (χ4v) is 4.22. The van der Waals surface area contributed by atoms with Crippen LogP contribution >= 0.6 is 0 Å². The van der Waals surface area contributed by atoms with Crippen LogP contribution in [0.3, 0.4) is 0 Å². The summed E-state index contributed by atoms with van der Waals surface area (Å²) >= 11 is 0. The highest BCUT2D eigenvalue weighted by Gasteiger charge is 2.26. The summed E-state index contributed by atoms with van der Waals surface area (Å²) in [5.41, 5.74) is 0.631. The Labute approximate surface area is 120 Å². The van der Waals surface area contributed by atoms with Crippen LogP contribution in [0, 0.1) is 5.82 Å². The Balaban J connectivity index is 2.06. The summed E-state index contributed by atoms with van der Waals surface area (Å²) in [7, 11) is -1.66. The van der Waals surface area contributed by atoms with E-state index in [1.807, 2.05) is 0 Å². The molecule has 1 aromatic rings. The van der Waals surface area contributed by atoms with Gasteiger partial charge in [-0.1, -0.05) is 37.8 Å². The highest BCUT2D eigenvalue weighted by atomic mass is 32.2. The molecule has 0 saturated heterocycles. The number of hydrogen-bond donors (Lipinski definition) is 0. The zero-order valence-corrected chi connectivity index (χ0v) is 12.7. The Morgan fingerprint density at radius 2 is 1.65 bits per heavy atom. The van der Waals surface area contributed by atoms with Crippen LogP contribution in [0.2, 0.25) is 0 Å². The van der Waals surface area contributed by atoms with E-state index in [0.717, 1.165) is 25.7 Å². The van der Waals surface area contributed by atoms with Gasteiger partial charge in [0.15, 0.2) is 0 Å². The van der Waals surface area contributed by atoms with E-state index in [1.165, 1.54) is 41.4 Å². The molecule has 0 spiro atoms. The minimum atomic E-state index is -3.33. The maximum Gasteiger partial charge on any atom is 0.218 e. The van der Waals surface area contributed by atoms with Crippen molar-refractivity contribution in [1.82, 2.24) is 4.31 Å². The lowest BCUT2D eigenvalue weighted by atomic mass is 10.1. The van der Waals surface area contributed by atoms with E-state index in [9.17, 15) is 12.8 Å². The van der Waals surface area contributed by atoms with Crippen LogP contribution in [0.1, 0.15) is 44.1 Å². The van der Waals surface area contributed by atoms with Gasteiger partial charge >= 0.3 is 0 Å². The first kappa shape index (κ1) is 15.4. The SMILES string of the molecule is CN(C1CCCCCC1)S(=O)(=O)Cc1ccc(F)cc1. The molecule has 0 N–H and O–H groups in total. The van der Waals surface area contributed by atoms with Gasteiger partial charge in [0.1, 0.15) is 5.82 Å².